The Morgan fingerprint density at radius 1 is 1.23 bits per heavy atom. The number of hydrogen-bond donors (Lipinski definition) is 0. The van der Waals surface area contributed by atoms with Crippen molar-refractivity contribution >= 4 is 5.95 Å². The summed E-state index contributed by atoms with van der Waals surface area (Å²) in [7, 11) is 0. The molecule has 2 heterocycles. The molecule has 0 N–H and O–H groups in total. The topological polar surface area (TPSA) is 41.9 Å². The largest absolute Gasteiger partial charge is 0.337 e. The molecular weight excluding hydrogens is 164 g/mol. The van der Waals surface area contributed by atoms with Crippen molar-refractivity contribution in [3.8, 4) is 0 Å². The van der Waals surface area contributed by atoms with E-state index in [2.05, 4.69) is 27.0 Å². The molecule has 1 fully saturated rings. The maximum absolute atomic E-state index is 4.40. The van der Waals surface area contributed by atoms with Crippen molar-refractivity contribution in [1.29, 1.82) is 0 Å². The van der Waals surface area contributed by atoms with E-state index in [1.54, 1.807) is 0 Å². The van der Waals surface area contributed by atoms with Gasteiger partial charge >= 0.3 is 0 Å². The minimum atomic E-state index is 0.573. The third kappa shape index (κ3) is 1.36. The molecule has 0 aliphatic carbocycles. The Kier molecular flexibility index (Phi) is 1.90. The van der Waals surface area contributed by atoms with Crippen molar-refractivity contribution in [2.45, 2.75) is 33.2 Å². The average molecular weight is 178 g/mol. The second-order valence-electron chi connectivity index (χ2n) is 3.61. The molecule has 1 saturated heterocycles. The van der Waals surface area contributed by atoms with Crippen LogP contribution in [0.2, 0.25) is 0 Å². The van der Waals surface area contributed by atoms with E-state index in [-0.39, 0.29) is 0 Å². The van der Waals surface area contributed by atoms with Gasteiger partial charge < -0.3 is 4.90 Å². The molecule has 2 rings (SSSR count). The summed E-state index contributed by atoms with van der Waals surface area (Å²) in [5.74, 6) is 0.779. The summed E-state index contributed by atoms with van der Waals surface area (Å²) in [6.45, 7) is 7.14. The molecule has 4 heteroatoms. The summed E-state index contributed by atoms with van der Waals surface area (Å²) in [5, 5.41) is 8.14. The summed E-state index contributed by atoms with van der Waals surface area (Å²) < 4.78 is 0. The minimum Gasteiger partial charge on any atom is -0.337 e. The first-order valence-corrected chi connectivity index (χ1v) is 4.63. The number of aryl methyl sites for hydroxylation is 2. The maximum Gasteiger partial charge on any atom is 0.245 e. The van der Waals surface area contributed by atoms with Gasteiger partial charge in [-0.3, -0.25) is 0 Å². The van der Waals surface area contributed by atoms with Gasteiger partial charge in [0.1, 0.15) is 0 Å². The van der Waals surface area contributed by atoms with Crippen LogP contribution in [0.25, 0.3) is 0 Å². The molecule has 4 nitrogen and oxygen atoms in total. The standard InChI is InChI=1S/C9H14N4/c1-6-4-5-13(6)9-10-7(2)8(3)11-12-9/h6H,4-5H2,1-3H3. The molecular formula is C9H14N4. The van der Waals surface area contributed by atoms with Crippen molar-refractivity contribution < 1.29 is 0 Å². The highest BCUT2D eigenvalue weighted by molar-refractivity contribution is 5.34. The normalized spacial score (nSPS) is 21.5. The van der Waals surface area contributed by atoms with Crippen LogP contribution in [0.3, 0.4) is 0 Å². The first-order valence-electron chi connectivity index (χ1n) is 4.63. The lowest BCUT2D eigenvalue weighted by Gasteiger charge is -2.38. The van der Waals surface area contributed by atoms with Crippen LogP contribution in [0.1, 0.15) is 24.7 Å². The van der Waals surface area contributed by atoms with Gasteiger partial charge in [0.25, 0.3) is 0 Å². The molecule has 0 bridgehead atoms. The number of aromatic nitrogens is 3. The monoisotopic (exact) mass is 178 g/mol. The Balaban J connectivity index is 2.26. The lowest BCUT2D eigenvalue weighted by Crippen LogP contribution is -2.46. The fraction of sp³-hybridized carbons (Fsp3) is 0.667. The van der Waals surface area contributed by atoms with Crippen LogP contribution >= 0.6 is 0 Å². The molecule has 1 aromatic heterocycles. The van der Waals surface area contributed by atoms with Gasteiger partial charge in [-0.15, -0.1) is 5.10 Å². The second-order valence-corrected chi connectivity index (χ2v) is 3.61. The van der Waals surface area contributed by atoms with Gasteiger partial charge in [0.2, 0.25) is 5.95 Å². The molecule has 1 aliphatic heterocycles. The molecule has 1 aromatic rings. The van der Waals surface area contributed by atoms with Gasteiger partial charge in [-0.05, 0) is 27.2 Å². The maximum atomic E-state index is 4.40. The van der Waals surface area contributed by atoms with Gasteiger partial charge in [0.05, 0.1) is 11.4 Å². The lowest BCUT2D eigenvalue weighted by molar-refractivity contribution is 0.467. The summed E-state index contributed by atoms with van der Waals surface area (Å²) in [4.78, 5) is 6.58. The van der Waals surface area contributed by atoms with Crippen LogP contribution in [0.5, 0.6) is 0 Å². The zero-order valence-corrected chi connectivity index (χ0v) is 8.28. The molecule has 0 aromatic carbocycles. The molecule has 13 heavy (non-hydrogen) atoms. The van der Waals surface area contributed by atoms with Crippen LogP contribution < -0.4 is 4.90 Å². The summed E-state index contributed by atoms with van der Waals surface area (Å²) >= 11 is 0. The van der Waals surface area contributed by atoms with Crippen LogP contribution in [-0.4, -0.2) is 27.8 Å². The molecule has 0 amide bonds. The van der Waals surface area contributed by atoms with Crippen LogP contribution in [0.4, 0.5) is 5.95 Å². The van der Waals surface area contributed by atoms with E-state index in [1.807, 2.05) is 13.8 Å². The van der Waals surface area contributed by atoms with E-state index in [9.17, 15) is 0 Å². The zero-order valence-electron chi connectivity index (χ0n) is 8.28. The van der Waals surface area contributed by atoms with Crippen molar-refractivity contribution in [2.24, 2.45) is 0 Å². The highest BCUT2D eigenvalue weighted by Crippen LogP contribution is 2.21. The second kappa shape index (κ2) is 2.94. The summed E-state index contributed by atoms with van der Waals surface area (Å²) in [6, 6.07) is 0.573. The third-order valence-corrected chi connectivity index (χ3v) is 2.66. The molecule has 1 aliphatic rings. The Morgan fingerprint density at radius 2 is 2.00 bits per heavy atom. The van der Waals surface area contributed by atoms with Gasteiger partial charge in [0, 0.05) is 12.6 Å². The highest BCUT2D eigenvalue weighted by atomic mass is 15.4. The smallest absolute Gasteiger partial charge is 0.245 e. The van der Waals surface area contributed by atoms with Crippen LogP contribution in [-0.2, 0) is 0 Å². The van der Waals surface area contributed by atoms with E-state index in [0.717, 1.165) is 23.9 Å². The molecule has 0 radical (unpaired) electrons. The Morgan fingerprint density at radius 3 is 2.46 bits per heavy atom. The predicted molar refractivity (Wildman–Crippen MR) is 50.7 cm³/mol. The van der Waals surface area contributed by atoms with Crippen molar-refractivity contribution in [1.82, 2.24) is 15.2 Å². The predicted octanol–water partition coefficient (Wildman–Crippen LogP) is 1.09. The van der Waals surface area contributed by atoms with E-state index in [4.69, 9.17) is 0 Å². The minimum absolute atomic E-state index is 0.573. The van der Waals surface area contributed by atoms with Gasteiger partial charge in [-0.25, -0.2) is 4.98 Å². The average Bonchev–Trinajstić information content (AvgIpc) is 2.09. The van der Waals surface area contributed by atoms with Crippen LogP contribution in [0.15, 0.2) is 0 Å². The van der Waals surface area contributed by atoms with E-state index in [0.29, 0.717) is 6.04 Å². The number of anilines is 1. The van der Waals surface area contributed by atoms with E-state index < -0.39 is 0 Å². The quantitative estimate of drug-likeness (QED) is 0.645. The first-order chi connectivity index (χ1) is 6.18. The fourth-order valence-electron chi connectivity index (χ4n) is 1.38. The van der Waals surface area contributed by atoms with E-state index in [1.165, 1.54) is 6.42 Å². The summed E-state index contributed by atoms with van der Waals surface area (Å²) in [5.41, 5.74) is 1.89. The first kappa shape index (κ1) is 8.41. The number of rotatable bonds is 1. The Hall–Kier alpha value is -1.19. The molecule has 70 valence electrons. The summed E-state index contributed by atoms with van der Waals surface area (Å²) in [6.07, 6.45) is 1.23. The van der Waals surface area contributed by atoms with Crippen molar-refractivity contribution in [3.05, 3.63) is 11.4 Å². The van der Waals surface area contributed by atoms with Gasteiger partial charge in [-0.2, -0.15) is 5.10 Å². The number of nitrogens with zero attached hydrogens (tertiary/aromatic N) is 4. The van der Waals surface area contributed by atoms with Gasteiger partial charge in [-0.1, -0.05) is 0 Å². The molecule has 1 atom stereocenters. The Labute approximate surface area is 78.0 Å². The number of hydrogen-bond acceptors (Lipinski definition) is 4. The SMILES string of the molecule is Cc1nnc(N2CCC2C)nc1C. The van der Waals surface area contributed by atoms with Crippen molar-refractivity contribution in [3.63, 3.8) is 0 Å². The zero-order chi connectivity index (χ0) is 9.42. The molecule has 1 unspecified atom stereocenters. The van der Waals surface area contributed by atoms with E-state index >= 15 is 0 Å². The highest BCUT2D eigenvalue weighted by Gasteiger charge is 2.26. The fourth-order valence-corrected chi connectivity index (χ4v) is 1.38. The Bertz CT molecular complexity index is 323. The lowest BCUT2D eigenvalue weighted by atomic mass is 10.1. The van der Waals surface area contributed by atoms with Crippen LogP contribution in [0, 0.1) is 13.8 Å². The molecule has 0 saturated carbocycles. The van der Waals surface area contributed by atoms with Gasteiger partial charge in [0.15, 0.2) is 0 Å². The van der Waals surface area contributed by atoms with Crippen molar-refractivity contribution in [2.75, 3.05) is 11.4 Å². The molecule has 0 spiro atoms. The third-order valence-electron chi connectivity index (χ3n) is 2.66.